The molecule has 0 saturated heterocycles. The van der Waals surface area contributed by atoms with Crippen LogP contribution >= 0.6 is 11.8 Å². The third-order valence-corrected chi connectivity index (χ3v) is 5.39. The van der Waals surface area contributed by atoms with Crippen molar-refractivity contribution in [3.63, 3.8) is 0 Å². The summed E-state index contributed by atoms with van der Waals surface area (Å²) in [6.07, 6.45) is 0. The number of carbonyl (C=O) groups is 2. The SMILES string of the molecule is N#CC1=C(SCC(=O)OCc2ccccc2)NC(=O)C(C#N)C1c1ccccc1. The Kier molecular flexibility index (Phi) is 6.67. The predicted molar refractivity (Wildman–Crippen MR) is 108 cm³/mol. The minimum absolute atomic E-state index is 0.0631. The third kappa shape index (κ3) is 4.84. The van der Waals surface area contributed by atoms with Crippen LogP contribution in [0, 0.1) is 28.6 Å². The van der Waals surface area contributed by atoms with E-state index in [1.54, 1.807) is 24.3 Å². The van der Waals surface area contributed by atoms with Crippen LogP contribution in [-0.4, -0.2) is 17.6 Å². The van der Waals surface area contributed by atoms with Crippen molar-refractivity contribution in [2.45, 2.75) is 12.5 Å². The highest BCUT2D eigenvalue weighted by Crippen LogP contribution is 2.39. The van der Waals surface area contributed by atoms with E-state index in [4.69, 9.17) is 4.74 Å². The van der Waals surface area contributed by atoms with E-state index in [0.29, 0.717) is 5.56 Å². The number of amides is 1. The third-order valence-electron chi connectivity index (χ3n) is 4.40. The number of benzene rings is 2. The number of nitrogens with zero attached hydrogens (tertiary/aromatic N) is 2. The maximum Gasteiger partial charge on any atom is 0.316 e. The Balaban J connectivity index is 1.75. The molecule has 0 fully saturated rings. The predicted octanol–water partition coefficient (Wildman–Crippen LogP) is 3.25. The highest BCUT2D eigenvalue weighted by Gasteiger charge is 2.39. The quantitative estimate of drug-likeness (QED) is 0.743. The lowest BCUT2D eigenvalue weighted by Gasteiger charge is -2.28. The van der Waals surface area contributed by atoms with Crippen molar-refractivity contribution in [2.24, 2.45) is 5.92 Å². The summed E-state index contributed by atoms with van der Waals surface area (Å²) in [5.41, 5.74) is 1.84. The molecular weight excluding hydrogens is 386 g/mol. The van der Waals surface area contributed by atoms with Crippen LogP contribution in [0.4, 0.5) is 0 Å². The van der Waals surface area contributed by atoms with E-state index >= 15 is 0 Å². The number of thioether (sulfide) groups is 1. The first-order valence-electron chi connectivity index (χ1n) is 8.86. The van der Waals surface area contributed by atoms with Gasteiger partial charge in [-0.2, -0.15) is 10.5 Å². The molecule has 1 heterocycles. The van der Waals surface area contributed by atoms with Crippen molar-refractivity contribution < 1.29 is 14.3 Å². The summed E-state index contributed by atoms with van der Waals surface area (Å²) in [7, 11) is 0. The second kappa shape index (κ2) is 9.59. The molecule has 3 rings (SSSR count). The molecule has 2 aromatic carbocycles. The summed E-state index contributed by atoms with van der Waals surface area (Å²) in [6, 6.07) is 22.4. The molecule has 0 aliphatic carbocycles. The standard InChI is InChI=1S/C22H17N3O3S/c23-11-17-20(16-9-5-2-6-10-16)18(12-24)22(25-21(17)27)29-14-19(26)28-13-15-7-3-1-4-8-15/h1-10,17,20H,13-14H2,(H,25,27). The first-order chi connectivity index (χ1) is 14.1. The van der Waals surface area contributed by atoms with E-state index < -0.39 is 23.7 Å². The minimum Gasteiger partial charge on any atom is -0.460 e. The number of carbonyl (C=O) groups excluding carboxylic acids is 2. The largest absolute Gasteiger partial charge is 0.460 e. The molecule has 2 unspecified atom stereocenters. The monoisotopic (exact) mass is 403 g/mol. The Hall–Kier alpha value is -3.55. The second-order valence-corrected chi connectivity index (χ2v) is 7.26. The topological polar surface area (TPSA) is 103 Å². The summed E-state index contributed by atoms with van der Waals surface area (Å²) < 4.78 is 5.24. The molecule has 7 heteroatoms. The zero-order chi connectivity index (χ0) is 20.6. The Labute approximate surface area is 172 Å². The van der Waals surface area contributed by atoms with E-state index in [2.05, 4.69) is 11.4 Å². The van der Waals surface area contributed by atoms with Gasteiger partial charge in [0.05, 0.1) is 28.5 Å². The fourth-order valence-electron chi connectivity index (χ4n) is 3.01. The lowest BCUT2D eigenvalue weighted by Crippen LogP contribution is -2.39. The van der Waals surface area contributed by atoms with Crippen LogP contribution in [-0.2, 0) is 20.9 Å². The number of hydrogen-bond acceptors (Lipinski definition) is 6. The zero-order valence-electron chi connectivity index (χ0n) is 15.4. The van der Waals surface area contributed by atoms with E-state index in [0.717, 1.165) is 17.3 Å². The first-order valence-corrected chi connectivity index (χ1v) is 9.84. The fourth-order valence-corrected chi connectivity index (χ4v) is 3.86. The number of allylic oxidation sites excluding steroid dienone is 1. The minimum atomic E-state index is -1.01. The Morgan fingerprint density at radius 3 is 2.34 bits per heavy atom. The van der Waals surface area contributed by atoms with E-state index in [1.165, 1.54) is 0 Å². The van der Waals surface area contributed by atoms with Gasteiger partial charge in [-0.3, -0.25) is 9.59 Å². The van der Waals surface area contributed by atoms with Crippen molar-refractivity contribution in [3.8, 4) is 12.1 Å². The van der Waals surface area contributed by atoms with Crippen molar-refractivity contribution in [3.05, 3.63) is 82.4 Å². The Bertz CT molecular complexity index is 1010. The smallest absolute Gasteiger partial charge is 0.316 e. The van der Waals surface area contributed by atoms with E-state index in [9.17, 15) is 20.1 Å². The number of hydrogen-bond donors (Lipinski definition) is 1. The summed E-state index contributed by atoms with van der Waals surface area (Å²) in [4.78, 5) is 24.5. The number of nitrogens with one attached hydrogen (secondary N) is 1. The van der Waals surface area contributed by atoms with Gasteiger partial charge in [0.15, 0.2) is 0 Å². The molecule has 2 aromatic rings. The van der Waals surface area contributed by atoms with Crippen molar-refractivity contribution in [1.29, 1.82) is 10.5 Å². The van der Waals surface area contributed by atoms with Crippen molar-refractivity contribution in [1.82, 2.24) is 5.32 Å². The van der Waals surface area contributed by atoms with Crippen LogP contribution in [0.5, 0.6) is 0 Å². The van der Waals surface area contributed by atoms with Crippen LogP contribution in [0.1, 0.15) is 17.0 Å². The number of ether oxygens (including phenoxy) is 1. The normalized spacial score (nSPS) is 18.3. The number of nitriles is 2. The van der Waals surface area contributed by atoms with Gasteiger partial charge in [0.1, 0.15) is 12.5 Å². The van der Waals surface area contributed by atoms with E-state index in [1.807, 2.05) is 42.5 Å². The van der Waals surface area contributed by atoms with Crippen LogP contribution in [0.2, 0.25) is 0 Å². The molecule has 144 valence electrons. The van der Waals surface area contributed by atoms with Crippen molar-refractivity contribution in [2.75, 3.05) is 5.75 Å². The molecule has 1 aliphatic heterocycles. The lowest BCUT2D eigenvalue weighted by molar-refractivity contribution is -0.141. The highest BCUT2D eigenvalue weighted by atomic mass is 32.2. The average Bonchev–Trinajstić information content (AvgIpc) is 2.77. The molecule has 1 aliphatic rings. The van der Waals surface area contributed by atoms with Gasteiger partial charge >= 0.3 is 5.97 Å². The second-order valence-electron chi connectivity index (χ2n) is 6.27. The molecule has 29 heavy (non-hydrogen) atoms. The van der Waals surface area contributed by atoms with Crippen LogP contribution in [0.15, 0.2) is 71.3 Å². The highest BCUT2D eigenvalue weighted by molar-refractivity contribution is 8.03. The molecule has 1 amide bonds. The summed E-state index contributed by atoms with van der Waals surface area (Å²) in [6.45, 7) is 0.153. The molecular formula is C22H17N3O3S. The van der Waals surface area contributed by atoms with E-state index in [-0.39, 0.29) is 23.0 Å². The van der Waals surface area contributed by atoms with Gasteiger partial charge in [0.2, 0.25) is 5.91 Å². The Morgan fingerprint density at radius 1 is 1.07 bits per heavy atom. The van der Waals surface area contributed by atoms with Gasteiger partial charge in [-0.25, -0.2) is 0 Å². The maximum atomic E-state index is 12.4. The molecule has 2 atom stereocenters. The van der Waals surface area contributed by atoms with Crippen LogP contribution in [0.3, 0.4) is 0 Å². The Morgan fingerprint density at radius 2 is 1.72 bits per heavy atom. The fraction of sp³-hybridized carbons (Fsp3) is 0.182. The molecule has 0 aromatic heterocycles. The van der Waals surface area contributed by atoms with Gasteiger partial charge in [-0.05, 0) is 11.1 Å². The summed E-state index contributed by atoms with van der Waals surface area (Å²) >= 11 is 1.03. The van der Waals surface area contributed by atoms with Gasteiger partial charge in [0.25, 0.3) is 0 Å². The lowest BCUT2D eigenvalue weighted by atomic mass is 9.79. The molecule has 1 N–H and O–H groups in total. The summed E-state index contributed by atoms with van der Waals surface area (Å²) in [5, 5.41) is 22.1. The van der Waals surface area contributed by atoms with Crippen LogP contribution < -0.4 is 5.32 Å². The molecule has 6 nitrogen and oxygen atoms in total. The van der Waals surface area contributed by atoms with Gasteiger partial charge in [0, 0.05) is 5.92 Å². The van der Waals surface area contributed by atoms with Gasteiger partial charge in [-0.15, -0.1) is 0 Å². The number of rotatable bonds is 6. The van der Waals surface area contributed by atoms with Crippen molar-refractivity contribution >= 4 is 23.6 Å². The van der Waals surface area contributed by atoms with Gasteiger partial charge in [-0.1, -0.05) is 72.4 Å². The summed E-state index contributed by atoms with van der Waals surface area (Å²) in [5.74, 6) is -2.70. The zero-order valence-corrected chi connectivity index (χ0v) is 16.2. The molecule has 0 bridgehead atoms. The first kappa shape index (κ1) is 20.2. The van der Waals surface area contributed by atoms with Crippen LogP contribution in [0.25, 0.3) is 0 Å². The molecule has 0 saturated carbocycles. The average molecular weight is 403 g/mol. The van der Waals surface area contributed by atoms with Gasteiger partial charge < -0.3 is 10.1 Å². The molecule has 0 radical (unpaired) electrons. The number of esters is 1. The maximum absolute atomic E-state index is 12.4. The molecule has 0 spiro atoms.